The van der Waals surface area contributed by atoms with Crippen molar-refractivity contribution in [3.63, 3.8) is 0 Å². The summed E-state index contributed by atoms with van der Waals surface area (Å²) in [7, 11) is 0. The SMILES string of the molecule is C[C@H]1CN(Cc2ccc(OCc3ccc(OC(F)(F)F)cc3)cc2)CCN1c1ccc(OC[C@H]2CCn3cc([N+](=O)[O-])nc3O2)cc1. The molecule has 2 atom stereocenters. The predicted molar refractivity (Wildman–Crippen MR) is 166 cm³/mol. The van der Waals surface area contributed by atoms with Gasteiger partial charge in [0.15, 0.2) is 0 Å². The number of anilines is 1. The van der Waals surface area contributed by atoms with Gasteiger partial charge >= 0.3 is 18.2 Å². The minimum atomic E-state index is -4.72. The Balaban J connectivity index is 0.930. The molecule has 1 fully saturated rings. The number of rotatable bonds is 11. The van der Waals surface area contributed by atoms with Crippen LogP contribution in [0.5, 0.6) is 23.3 Å². The number of alkyl halides is 3. The number of aromatic nitrogens is 2. The Morgan fingerprint density at radius 1 is 0.915 bits per heavy atom. The number of benzene rings is 3. The molecule has 0 spiro atoms. The molecule has 248 valence electrons. The highest BCUT2D eigenvalue weighted by Gasteiger charge is 2.31. The lowest BCUT2D eigenvalue weighted by Crippen LogP contribution is -2.51. The lowest BCUT2D eigenvalue weighted by molar-refractivity contribution is -0.389. The quantitative estimate of drug-likeness (QED) is 0.138. The Kier molecular flexibility index (Phi) is 9.38. The van der Waals surface area contributed by atoms with E-state index in [4.69, 9.17) is 14.2 Å². The van der Waals surface area contributed by atoms with Crippen LogP contribution in [-0.2, 0) is 19.7 Å². The molecule has 4 aromatic rings. The third-order valence-corrected chi connectivity index (χ3v) is 8.09. The van der Waals surface area contributed by atoms with Gasteiger partial charge in [0, 0.05) is 55.9 Å². The summed E-state index contributed by atoms with van der Waals surface area (Å²) in [5, 5.41) is 11.0. The second-order valence-electron chi connectivity index (χ2n) is 11.6. The number of ether oxygens (including phenoxy) is 4. The minimum Gasteiger partial charge on any atom is -0.490 e. The molecular formula is C33H34F3N5O6. The molecule has 2 aliphatic rings. The third-order valence-electron chi connectivity index (χ3n) is 8.09. The molecule has 1 saturated heterocycles. The number of nitrogens with zero attached hydrogens (tertiary/aromatic N) is 5. The van der Waals surface area contributed by atoms with Crippen molar-refractivity contribution in [3.05, 3.63) is 100 Å². The fraction of sp³-hybridized carbons (Fsp3) is 0.364. The Bertz CT molecular complexity index is 1650. The monoisotopic (exact) mass is 653 g/mol. The topological polar surface area (TPSA) is 104 Å². The first-order valence-corrected chi connectivity index (χ1v) is 15.2. The van der Waals surface area contributed by atoms with Crippen LogP contribution >= 0.6 is 0 Å². The van der Waals surface area contributed by atoms with Gasteiger partial charge in [-0.25, -0.2) is 0 Å². The summed E-state index contributed by atoms with van der Waals surface area (Å²) in [6.45, 7) is 6.84. The van der Waals surface area contributed by atoms with Gasteiger partial charge in [0.25, 0.3) is 0 Å². The van der Waals surface area contributed by atoms with E-state index >= 15 is 0 Å². The van der Waals surface area contributed by atoms with Crippen LogP contribution < -0.4 is 23.8 Å². The normalized spacial score (nSPS) is 18.3. The number of fused-ring (bicyclic) bond motifs is 1. The largest absolute Gasteiger partial charge is 0.573 e. The second-order valence-corrected chi connectivity index (χ2v) is 11.6. The first kappa shape index (κ1) is 32.0. The zero-order chi connectivity index (χ0) is 33.0. The van der Waals surface area contributed by atoms with Crippen molar-refractivity contribution in [2.75, 3.05) is 31.1 Å². The summed E-state index contributed by atoms with van der Waals surface area (Å²) < 4.78 is 60.2. The van der Waals surface area contributed by atoms with E-state index in [0.29, 0.717) is 31.4 Å². The molecule has 47 heavy (non-hydrogen) atoms. The van der Waals surface area contributed by atoms with Gasteiger partial charge in [-0.1, -0.05) is 24.3 Å². The van der Waals surface area contributed by atoms with Crippen molar-refractivity contribution in [3.8, 4) is 23.3 Å². The van der Waals surface area contributed by atoms with Gasteiger partial charge in [0.05, 0.1) is 0 Å². The highest BCUT2D eigenvalue weighted by Crippen LogP contribution is 2.28. The van der Waals surface area contributed by atoms with E-state index in [-0.39, 0.29) is 30.3 Å². The summed E-state index contributed by atoms with van der Waals surface area (Å²) in [5.41, 5.74) is 3.02. The van der Waals surface area contributed by atoms with Crippen LogP contribution in [0.25, 0.3) is 0 Å². The molecule has 6 rings (SSSR count). The fourth-order valence-corrected chi connectivity index (χ4v) is 5.72. The van der Waals surface area contributed by atoms with Crippen molar-refractivity contribution in [2.24, 2.45) is 0 Å². The zero-order valence-corrected chi connectivity index (χ0v) is 25.6. The summed E-state index contributed by atoms with van der Waals surface area (Å²) in [6, 6.07) is 22.1. The molecule has 0 saturated carbocycles. The van der Waals surface area contributed by atoms with Gasteiger partial charge in [-0.15, -0.1) is 13.2 Å². The molecule has 2 aliphatic heterocycles. The minimum absolute atomic E-state index is 0.222. The van der Waals surface area contributed by atoms with Crippen molar-refractivity contribution in [1.29, 1.82) is 0 Å². The number of hydrogen-bond acceptors (Lipinski definition) is 9. The molecule has 0 unspecified atom stereocenters. The molecule has 11 nitrogen and oxygen atoms in total. The van der Waals surface area contributed by atoms with Crippen LogP contribution in [0.1, 0.15) is 24.5 Å². The van der Waals surface area contributed by atoms with Crippen LogP contribution in [0.4, 0.5) is 24.7 Å². The Labute approximate surface area is 269 Å². The van der Waals surface area contributed by atoms with Gasteiger partial charge in [-0.2, -0.15) is 0 Å². The molecule has 14 heteroatoms. The first-order valence-electron chi connectivity index (χ1n) is 15.2. The molecule has 1 aromatic heterocycles. The maximum Gasteiger partial charge on any atom is 0.573 e. The highest BCUT2D eigenvalue weighted by molar-refractivity contribution is 5.50. The van der Waals surface area contributed by atoms with E-state index < -0.39 is 11.3 Å². The van der Waals surface area contributed by atoms with E-state index in [1.54, 1.807) is 16.7 Å². The van der Waals surface area contributed by atoms with Crippen LogP contribution in [0, 0.1) is 10.1 Å². The number of piperazine rings is 1. The summed E-state index contributed by atoms with van der Waals surface area (Å²) >= 11 is 0. The van der Waals surface area contributed by atoms with Gasteiger partial charge in [-0.3, -0.25) is 9.47 Å². The van der Waals surface area contributed by atoms with E-state index in [1.807, 2.05) is 36.4 Å². The molecular weight excluding hydrogens is 619 g/mol. The predicted octanol–water partition coefficient (Wildman–Crippen LogP) is 6.21. The Hall–Kier alpha value is -4.98. The third kappa shape index (κ3) is 8.44. The standard InChI is InChI=1S/C33H34F3N5O6/c1-23-18-38(19-24-2-8-27(9-3-24)44-21-25-4-10-29(11-5-25)47-33(34,35)36)16-17-40(23)26-6-12-28(13-7-26)45-22-30-14-15-39-20-31(41(42)43)37-32(39)46-30/h2-13,20,23,30H,14-19,21-22H2,1H3/t23-,30+/m0/s1. The van der Waals surface area contributed by atoms with Crippen LogP contribution in [0.15, 0.2) is 79.0 Å². The van der Waals surface area contributed by atoms with Gasteiger partial charge in [-0.05, 0) is 71.5 Å². The number of halogens is 3. The molecule has 0 bridgehead atoms. The van der Waals surface area contributed by atoms with Gasteiger partial charge in [0.1, 0.15) is 42.8 Å². The highest BCUT2D eigenvalue weighted by atomic mass is 19.4. The summed E-state index contributed by atoms with van der Waals surface area (Å²) in [4.78, 5) is 19.2. The van der Waals surface area contributed by atoms with Crippen molar-refractivity contribution in [1.82, 2.24) is 14.5 Å². The lowest BCUT2D eigenvalue weighted by Gasteiger charge is -2.41. The molecule has 3 heterocycles. The summed E-state index contributed by atoms with van der Waals surface area (Å²) in [5.74, 6) is 0.921. The molecule has 0 radical (unpaired) electrons. The molecule has 0 N–H and O–H groups in total. The summed E-state index contributed by atoms with van der Waals surface area (Å²) in [6.07, 6.45) is -2.90. The first-order chi connectivity index (χ1) is 22.6. The van der Waals surface area contributed by atoms with Gasteiger partial charge in [0.2, 0.25) is 0 Å². The van der Waals surface area contributed by atoms with Crippen LogP contribution in [0.3, 0.4) is 0 Å². The second kappa shape index (κ2) is 13.8. The zero-order valence-electron chi connectivity index (χ0n) is 25.6. The van der Waals surface area contributed by atoms with Crippen LogP contribution in [0.2, 0.25) is 0 Å². The average molecular weight is 654 g/mol. The van der Waals surface area contributed by atoms with Gasteiger partial charge < -0.3 is 34.0 Å². The molecule has 0 amide bonds. The Morgan fingerprint density at radius 2 is 1.57 bits per heavy atom. The van der Waals surface area contributed by atoms with Crippen LogP contribution in [-0.4, -0.2) is 64.1 Å². The Morgan fingerprint density at radius 3 is 2.26 bits per heavy atom. The lowest BCUT2D eigenvalue weighted by atomic mass is 10.1. The maximum atomic E-state index is 12.3. The number of aryl methyl sites for hydroxylation is 1. The van der Waals surface area contributed by atoms with Crippen molar-refractivity contribution in [2.45, 2.75) is 51.5 Å². The number of imidazole rings is 1. The van der Waals surface area contributed by atoms with E-state index in [9.17, 15) is 23.3 Å². The van der Waals surface area contributed by atoms with E-state index in [2.05, 4.69) is 38.6 Å². The van der Waals surface area contributed by atoms with E-state index in [0.717, 1.165) is 48.7 Å². The van der Waals surface area contributed by atoms with Crippen molar-refractivity contribution < 1.29 is 37.0 Å². The van der Waals surface area contributed by atoms with Crippen molar-refractivity contribution >= 4 is 11.5 Å². The molecule has 3 aromatic carbocycles. The van der Waals surface area contributed by atoms with E-state index in [1.165, 1.54) is 18.3 Å². The average Bonchev–Trinajstić information content (AvgIpc) is 3.48. The maximum absolute atomic E-state index is 12.3. The number of nitro groups is 1. The molecule has 0 aliphatic carbocycles. The fourth-order valence-electron chi connectivity index (χ4n) is 5.72. The number of hydrogen-bond donors (Lipinski definition) is 0. The smallest absolute Gasteiger partial charge is 0.490 e.